The Balaban J connectivity index is 1.67. The van der Waals surface area contributed by atoms with Gasteiger partial charge in [-0.2, -0.15) is 0 Å². The molecule has 1 aromatic rings. The van der Waals surface area contributed by atoms with Crippen LogP contribution in [0.25, 0.3) is 0 Å². The molecular formula is C18H28N2O. The molecule has 0 spiro atoms. The van der Waals surface area contributed by atoms with E-state index >= 15 is 0 Å². The lowest BCUT2D eigenvalue weighted by atomic mass is 9.86. The molecular weight excluding hydrogens is 260 g/mol. The average Bonchev–Trinajstić information content (AvgIpc) is 2.68. The molecule has 21 heavy (non-hydrogen) atoms. The quantitative estimate of drug-likeness (QED) is 0.905. The van der Waals surface area contributed by atoms with Crippen LogP contribution >= 0.6 is 0 Å². The van der Waals surface area contributed by atoms with Crippen molar-refractivity contribution >= 4 is 0 Å². The van der Waals surface area contributed by atoms with Gasteiger partial charge in [0.15, 0.2) is 0 Å². The van der Waals surface area contributed by atoms with Gasteiger partial charge in [-0.25, -0.2) is 0 Å². The Kier molecular flexibility index (Phi) is 4.23. The summed E-state index contributed by atoms with van der Waals surface area (Å²) in [7, 11) is 0. The maximum absolute atomic E-state index is 5.84. The van der Waals surface area contributed by atoms with E-state index in [0.717, 1.165) is 32.0 Å². The highest BCUT2D eigenvalue weighted by atomic mass is 16.5. The van der Waals surface area contributed by atoms with Crippen LogP contribution in [0.1, 0.15) is 38.7 Å². The molecule has 2 unspecified atom stereocenters. The third kappa shape index (κ3) is 3.41. The molecule has 0 radical (unpaired) electrons. The molecule has 0 aromatic heterocycles. The Morgan fingerprint density at radius 2 is 2.10 bits per heavy atom. The van der Waals surface area contributed by atoms with Crippen LogP contribution in [0.4, 0.5) is 0 Å². The molecule has 0 amide bonds. The van der Waals surface area contributed by atoms with Gasteiger partial charge in [0.1, 0.15) is 5.75 Å². The van der Waals surface area contributed by atoms with Crippen molar-refractivity contribution in [2.75, 3.05) is 32.8 Å². The summed E-state index contributed by atoms with van der Waals surface area (Å²) < 4.78 is 5.84. The summed E-state index contributed by atoms with van der Waals surface area (Å²) in [6.45, 7) is 12.4. The van der Waals surface area contributed by atoms with Crippen molar-refractivity contribution in [1.29, 1.82) is 0 Å². The molecule has 2 aliphatic heterocycles. The second-order valence-corrected chi connectivity index (χ2v) is 7.53. The Bertz CT molecular complexity index is 480. The summed E-state index contributed by atoms with van der Waals surface area (Å²) in [5.74, 6) is 1.61. The fourth-order valence-electron chi connectivity index (χ4n) is 3.43. The summed E-state index contributed by atoms with van der Waals surface area (Å²) in [6, 6.07) is 9.08. The highest BCUT2D eigenvalue weighted by molar-refractivity contribution is 5.39. The second-order valence-electron chi connectivity index (χ2n) is 7.53. The van der Waals surface area contributed by atoms with Crippen LogP contribution in [0.15, 0.2) is 24.3 Å². The van der Waals surface area contributed by atoms with Crippen LogP contribution in [0.5, 0.6) is 5.75 Å². The maximum atomic E-state index is 5.84. The van der Waals surface area contributed by atoms with Crippen LogP contribution in [0.2, 0.25) is 0 Å². The summed E-state index contributed by atoms with van der Waals surface area (Å²) in [5.41, 5.74) is 1.70. The number of fused-ring (bicyclic) bond motifs is 1. The van der Waals surface area contributed by atoms with Crippen LogP contribution in [-0.4, -0.2) is 43.7 Å². The highest BCUT2D eigenvalue weighted by Gasteiger charge is 2.31. The summed E-state index contributed by atoms with van der Waals surface area (Å²) in [5, 5.41) is 3.72. The van der Waals surface area contributed by atoms with E-state index in [9.17, 15) is 0 Å². The van der Waals surface area contributed by atoms with Gasteiger partial charge in [-0.05, 0) is 31.0 Å². The number of para-hydroxylation sites is 1. The molecule has 3 heteroatoms. The second kappa shape index (κ2) is 5.98. The predicted octanol–water partition coefficient (Wildman–Crippen LogP) is 2.87. The third-order valence-electron chi connectivity index (χ3n) is 4.81. The number of nitrogens with one attached hydrogen (secondary N) is 1. The Morgan fingerprint density at radius 1 is 1.29 bits per heavy atom. The molecule has 2 heterocycles. The maximum Gasteiger partial charge on any atom is 0.122 e. The molecule has 2 aliphatic rings. The standard InChI is InChI=1S/C18H28N2O/c1-18(2,3)17-12-20(10-6-9-19-17)11-14-13-21-16-8-5-4-7-15(14)16/h4-5,7-8,14,17,19H,6,9-13H2,1-3H3. The smallest absolute Gasteiger partial charge is 0.122 e. The normalized spacial score (nSPS) is 27.0. The molecule has 3 nitrogen and oxygen atoms in total. The zero-order chi connectivity index (χ0) is 14.9. The zero-order valence-electron chi connectivity index (χ0n) is 13.6. The number of nitrogens with zero attached hydrogens (tertiary/aromatic N) is 1. The number of hydrogen-bond donors (Lipinski definition) is 1. The van der Waals surface area contributed by atoms with Gasteiger partial charge in [0.05, 0.1) is 6.61 Å². The van der Waals surface area contributed by atoms with Crippen molar-refractivity contribution in [2.24, 2.45) is 5.41 Å². The molecule has 1 fully saturated rings. The molecule has 1 aromatic carbocycles. The van der Waals surface area contributed by atoms with Crippen LogP contribution < -0.4 is 10.1 Å². The molecule has 0 aliphatic carbocycles. The fourth-order valence-corrected chi connectivity index (χ4v) is 3.43. The van der Waals surface area contributed by atoms with Crippen molar-refractivity contribution in [1.82, 2.24) is 10.2 Å². The molecule has 0 bridgehead atoms. The average molecular weight is 288 g/mol. The van der Waals surface area contributed by atoms with Gasteiger partial charge in [0.25, 0.3) is 0 Å². The van der Waals surface area contributed by atoms with E-state index in [-0.39, 0.29) is 0 Å². The third-order valence-corrected chi connectivity index (χ3v) is 4.81. The number of hydrogen-bond acceptors (Lipinski definition) is 3. The fraction of sp³-hybridized carbons (Fsp3) is 0.667. The van der Waals surface area contributed by atoms with Gasteiger partial charge in [-0.15, -0.1) is 0 Å². The van der Waals surface area contributed by atoms with Crippen molar-refractivity contribution in [3.05, 3.63) is 29.8 Å². The van der Waals surface area contributed by atoms with Gasteiger partial charge in [-0.1, -0.05) is 39.0 Å². The molecule has 3 rings (SSSR count). The largest absolute Gasteiger partial charge is 0.493 e. The first-order chi connectivity index (χ1) is 10.0. The SMILES string of the molecule is CC(C)(C)C1CN(CC2COc3ccccc32)CCCN1. The first-order valence-corrected chi connectivity index (χ1v) is 8.21. The number of ether oxygens (including phenoxy) is 1. The van der Waals surface area contributed by atoms with Gasteiger partial charge >= 0.3 is 0 Å². The van der Waals surface area contributed by atoms with E-state index in [1.165, 1.54) is 18.5 Å². The van der Waals surface area contributed by atoms with Crippen molar-refractivity contribution in [3.8, 4) is 5.75 Å². The molecule has 1 saturated heterocycles. The van der Waals surface area contributed by atoms with Gasteiger partial charge in [0.2, 0.25) is 0 Å². The lowest BCUT2D eigenvalue weighted by molar-refractivity contribution is 0.182. The zero-order valence-corrected chi connectivity index (χ0v) is 13.6. The minimum absolute atomic E-state index is 0.312. The first kappa shape index (κ1) is 14.9. The first-order valence-electron chi connectivity index (χ1n) is 8.21. The van der Waals surface area contributed by atoms with E-state index in [0.29, 0.717) is 17.4 Å². The monoisotopic (exact) mass is 288 g/mol. The minimum Gasteiger partial charge on any atom is -0.493 e. The lowest BCUT2D eigenvalue weighted by Gasteiger charge is -2.34. The van der Waals surface area contributed by atoms with Crippen LogP contribution in [-0.2, 0) is 0 Å². The van der Waals surface area contributed by atoms with Crippen molar-refractivity contribution in [2.45, 2.75) is 39.2 Å². The van der Waals surface area contributed by atoms with Crippen LogP contribution in [0.3, 0.4) is 0 Å². The molecule has 116 valence electrons. The van der Waals surface area contributed by atoms with Crippen molar-refractivity contribution < 1.29 is 4.74 Å². The summed E-state index contributed by atoms with van der Waals surface area (Å²) in [6.07, 6.45) is 1.24. The minimum atomic E-state index is 0.312. The molecule has 0 saturated carbocycles. The van der Waals surface area contributed by atoms with Gasteiger partial charge < -0.3 is 15.0 Å². The van der Waals surface area contributed by atoms with E-state index in [2.05, 4.69) is 55.3 Å². The topological polar surface area (TPSA) is 24.5 Å². The van der Waals surface area contributed by atoms with E-state index in [1.807, 2.05) is 0 Å². The number of rotatable bonds is 2. The Morgan fingerprint density at radius 3 is 2.90 bits per heavy atom. The summed E-state index contributed by atoms with van der Waals surface area (Å²) >= 11 is 0. The Labute approximate surface area is 128 Å². The lowest BCUT2D eigenvalue weighted by Crippen LogP contribution is -2.47. The van der Waals surface area contributed by atoms with E-state index in [4.69, 9.17) is 4.74 Å². The molecule has 1 N–H and O–H groups in total. The summed E-state index contributed by atoms with van der Waals surface area (Å²) in [4.78, 5) is 2.63. The van der Waals surface area contributed by atoms with E-state index in [1.54, 1.807) is 0 Å². The van der Waals surface area contributed by atoms with Gasteiger partial charge in [0, 0.05) is 30.6 Å². The van der Waals surface area contributed by atoms with Gasteiger partial charge in [-0.3, -0.25) is 0 Å². The van der Waals surface area contributed by atoms with Crippen LogP contribution in [0, 0.1) is 5.41 Å². The molecule has 2 atom stereocenters. The predicted molar refractivity (Wildman–Crippen MR) is 87.0 cm³/mol. The highest BCUT2D eigenvalue weighted by Crippen LogP contribution is 2.34. The van der Waals surface area contributed by atoms with Crippen molar-refractivity contribution in [3.63, 3.8) is 0 Å². The van der Waals surface area contributed by atoms with E-state index < -0.39 is 0 Å². The Hall–Kier alpha value is -1.06. The number of benzene rings is 1.